The molecule has 6 heteroatoms. The Morgan fingerprint density at radius 3 is 2.72 bits per heavy atom. The van der Waals surface area contributed by atoms with Crippen molar-refractivity contribution in [1.82, 2.24) is 15.1 Å². The lowest BCUT2D eigenvalue weighted by atomic mass is 10.3. The highest BCUT2D eigenvalue weighted by molar-refractivity contribution is 6.34. The molecule has 1 saturated heterocycles. The summed E-state index contributed by atoms with van der Waals surface area (Å²) in [6.45, 7) is 5.38. The molecule has 2 amide bonds. The average molecular weight is 257 g/mol. The van der Waals surface area contributed by atoms with Crippen molar-refractivity contribution in [3.05, 3.63) is 0 Å². The van der Waals surface area contributed by atoms with Crippen LogP contribution < -0.4 is 5.32 Å². The average Bonchev–Trinajstić information content (AvgIpc) is 2.65. The van der Waals surface area contributed by atoms with Crippen molar-refractivity contribution in [2.45, 2.75) is 19.8 Å². The van der Waals surface area contributed by atoms with Gasteiger partial charge in [0.15, 0.2) is 0 Å². The molecule has 0 radical (unpaired) electrons. The molecule has 1 heterocycles. The molecule has 0 unspecified atom stereocenters. The molecule has 0 aliphatic carbocycles. The third-order valence-electron chi connectivity index (χ3n) is 2.96. The van der Waals surface area contributed by atoms with Crippen molar-refractivity contribution in [2.75, 3.05) is 45.9 Å². The normalized spacial score (nSPS) is 16.2. The van der Waals surface area contributed by atoms with Crippen LogP contribution in [0, 0.1) is 0 Å². The van der Waals surface area contributed by atoms with Crippen LogP contribution in [0.4, 0.5) is 0 Å². The van der Waals surface area contributed by atoms with Crippen molar-refractivity contribution in [3.63, 3.8) is 0 Å². The van der Waals surface area contributed by atoms with E-state index in [0.29, 0.717) is 19.6 Å². The van der Waals surface area contributed by atoms with Crippen LogP contribution in [0.25, 0.3) is 0 Å². The maximum Gasteiger partial charge on any atom is 0.312 e. The van der Waals surface area contributed by atoms with Gasteiger partial charge in [0.2, 0.25) is 0 Å². The second-order valence-corrected chi connectivity index (χ2v) is 4.41. The van der Waals surface area contributed by atoms with Crippen molar-refractivity contribution < 1.29 is 14.7 Å². The maximum absolute atomic E-state index is 12.1. The number of rotatable bonds is 4. The first-order valence-electron chi connectivity index (χ1n) is 6.60. The van der Waals surface area contributed by atoms with Crippen LogP contribution in [0.15, 0.2) is 0 Å². The number of amides is 2. The molecule has 1 aliphatic rings. The lowest BCUT2D eigenvalue weighted by molar-refractivity contribution is -0.152. The Morgan fingerprint density at radius 2 is 2.06 bits per heavy atom. The van der Waals surface area contributed by atoms with Gasteiger partial charge in [-0.05, 0) is 19.4 Å². The summed E-state index contributed by atoms with van der Waals surface area (Å²) >= 11 is 0. The SMILES string of the molecule is CCCN(CCO)C(=O)C(=O)N1CCCNCC1. The smallest absolute Gasteiger partial charge is 0.312 e. The lowest BCUT2D eigenvalue weighted by Crippen LogP contribution is -2.47. The number of aliphatic hydroxyl groups is 1. The molecule has 0 aromatic rings. The van der Waals surface area contributed by atoms with Gasteiger partial charge in [-0.3, -0.25) is 9.59 Å². The van der Waals surface area contributed by atoms with Gasteiger partial charge in [-0.1, -0.05) is 6.92 Å². The monoisotopic (exact) mass is 257 g/mol. The first-order chi connectivity index (χ1) is 8.70. The van der Waals surface area contributed by atoms with Crippen LogP contribution >= 0.6 is 0 Å². The Labute approximate surface area is 108 Å². The Hall–Kier alpha value is -1.14. The quantitative estimate of drug-likeness (QED) is 0.636. The number of hydrogen-bond acceptors (Lipinski definition) is 4. The Balaban J connectivity index is 2.58. The van der Waals surface area contributed by atoms with E-state index in [2.05, 4.69) is 5.32 Å². The summed E-state index contributed by atoms with van der Waals surface area (Å²) in [5.74, 6) is -0.937. The predicted molar refractivity (Wildman–Crippen MR) is 68.0 cm³/mol. The minimum Gasteiger partial charge on any atom is -0.395 e. The van der Waals surface area contributed by atoms with Gasteiger partial charge in [0.25, 0.3) is 0 Å². The molecule has 0 spiro atoms. The standard InChI is InChI=1S/C12H23N3O3/c1-2-6-14(9-10-16)11(17)12(18)15-7-3-4-13-5-8-15/h13,16H,2-10H2,1H3. The molecule has 0 bridgehead atoms. The topological polar surface area (TPSA) is 72.9 Å². The van der Waals surface area contributed by atoms with E-state index in [9.17, 15) is 9.59 Å². The molecule has 0 aromatic heterocycles. The molecule has 1 rings (SSSR count). The first kappa shape index (κ1) is 14.9. The Kier molecular flexibility index (Phi) is 6.67. The second-order valence-electron chi connectivity index (χ2n) is 4.41. The summed E-state index contributed by atoms with van der Waals surface area (Å²) in [6.07, 6.45) is 1.65. The van der Waals surface area contributed by atoms with Crippen LogP contribution in [0.1, 0.15) is 19.8 Å². The largest absolute Gasteiger partial charge is 0.395 e. The van der Waals surface area contributed by atoms with Crippen molar-refractivity contribution >= 4 is 11.8 Å². The molecule has 18 heavy (non-hydrogen) atoms. The van der Waals surface area contributed by atoms with E-state index in [1.54, 1.807) is 4.90 Å². The van der Waals surface area contributed by atoms with Gasteiger partial charge >= 0.3 is 11.8 Å². The highest BCUT2D eigenvalue weighted by Crippen LogP contribution is 2.01. The van der Waals surface area contributed by atoms with E-state index in [0.717, 1.165) is 25.9 Å². The molecule has 1 fully saturated rings. The van der Waals surface area contributed by atoms with Gasteiger partial charge in [-0.25, -0.2) is 0 Å². The van der Waals surface area contributed by atoms with Crippen molar-refractivity contribution in [2.24, 2.45) is 0 Å². The van der Waals surface area contributed by atoms with Crippen molar-refractivity contribution in [1.29, 1.82) is 0 Å². The van der Waals surface area contributed by atoms with Crippen LogP contribution in [-0.2, 0) is 9.59 Å². The highest BCUT2D eigenvalue weighted by Gasteiger charge is 2.26. The molecule has 104 valence electrons. The first-order valence-corrected chi connectivity index (χ1v) is 6.60. The van der Waals surface area contributed by atoms with E-state index in [4.69, 9.17) is 5.11 Å². The highest BCUT2D eigenvalue weighted by atomic mass is 16.3. The van der Waals surface area contributed by atoms with E-state index >= 15 is 0 Å². The molecule has 0 aromatic carbocycles. The minimum atomic E-state index is -0.493. The fourth-order valence-corrected chi connectivity index (χ4v) is 2.02. The van der Waals surface area contributed by atoms with Crippen LogP contribution in [0.5, 0.6) is 0 Å². The van der Waals surface area contributed by atoms with E-state index in [-0.39, 0.29) is 13.2 Å². The van der Waals surface area contributed by atoms with Gasteiger partial charge in [-0.15, -0.1) is 0 Å². The van der Waals surface area contributed by atoms with Gasteiger partial charge in [0.05, 0.1) is 6.61 Å². The zero-order valence-electron chi connectivity index (χ0n) is 11.0. The number of nitrogens with one attached hydrogen (secondary N) is 1. The van der Waals surface area contributed by atoms with E-state index in [1.165, 1.54) is 4.90 Å². The summed E-state index contributed by atoms with van der Waals surface area (Å²) in [6, 6.07) is 0. The predicted octanol–water partition coefficient (Wildman–Crippen LogP) is -0.961. The summed E-state index contributed by atoms with van der Waals surface area (Å²) in [4.78, 5) is 27.1. The molecule has 2 N–H and O–H groups in total. The van der Waals surface area contributed by atoms with Gasteiger partial charge < -0.3 is 20.2 Å². The molecule has 1 aliphatic heterocycles. The van der Waals surface area contributed by atoms with E-state index < -0.39 is 11.8 Å². The number of aliphatic hydroxyl groups excluding tert-OH is 1. The minimum absolute atomic E-state index is 0.111. The Bertz CT molecular complexity index is 258. The summed E-state index contributed by atoms with van der Waals surface area (Å²) in [5.41, 5.74) is 0. The third kappa shape index (κ3) is 4.27. The zero-order chi connectivity index (χ0) is 13.4. The molecular weight excluding hydrogens is 234 g/mol. The summed E-state index contributed by atoms with van der Waals surface area (Å²) < 4.78 is 0. The number of carbonyl (C=O) groups is 2. The lowest BCUT2D eigenvalue weighted by Gasteiger charge is -2.25. The third-order valence-corrected chi connectivity index (χ3v) is 2.96. The van der Waals surface area contributed by atoms with Gasteiger partial charge in [0.1, 0.15) is 0 Å². The zero-order valence-corrected chi connectivity index (χ0v) is 11.0. The number of nitrogens with zero attached hydrogens (tertiary/aromatic N) is 2. The second kappa shape index (κ2) is 8.05. The fourth-order valence-electron chi connectivity index (χ4n) is 2.02. The van der Waals surface area contributed by atoms with Crippen LogP contribution in [-0.4, -0.2) is 72.6 Å². The van der Waals surface area contributed by atoms with Gasteiger partial charge in [-0.2, -0.15) is 0 Å². The van der Waals surface area contributed by atoms with E-state index in [1.807, 2.05) is 6.92 Å². The van der Waals surface area contributed by atoms with Crippen molar-refractivity contribution in [3.8, 4) is 0 Å². The number of hydrogen-bond donors (Lipinski definition) is 2. The molecule has 0 atom stereocenters. The maximum atomic E-state index is 12.1. The fraction of sp³-hybridized carbons (Fsp3) is 0.833. The van der Waals surface area contributed by atoms with Gasteiger partial charge in [0, 0.05) is 32.7 Å². The summed E-state index contributed by atoms with van der Waals surface area (Å²) in [5, 5.41) is 12.1. The van der Waals surface area contributed by atoms with Crippen LogP contribution in [0.2, 0.25) is 0 Å². The molecule has 0 saturated carbocycles. The molecular formula is C12H23N3O3. The molecule has 6 nitrogen and oxygen atoms in total. The summed E-state index contributed by atoms with van der Waals surface area (Å²) in [7, 11) is 0. The Morgan fingerprint density at radius 1 is 1.28 bits per heavy atom. The van der Waals surface area contributed by atoms with Crippen LogP contribution in [0.3, 0.4) is 0 Å². The number of carbonyl (C=O) groups excluding carboxylic acids is 2.